The van der Waals surface area contributed by atoms with Gasteiger partial charge < -0.3 is 15.4 Å². The molecule has 5 nitrogen and oxygen atoms in total. The van der Waals surface area contributed by atoms with Crippen molar-refractivity contribution < 1.29 is 14.3 Å². The Bertz CT molecular complexity index is 808. The van der Waals surface area contributed by atoms with Crippen molar-refractivity contribution in [1.82, 2.24) is 5.32 Å². The van der Waals surface area contributed by atoms with Gasteiger partial charge in [-0.15, -0.1) is 11.3 Å². The third-order valence-corrected chi connectivity index (χ3v) is 5.94. The van der Waals surface area contributed by atoms with Gasteiger partial charge in [-0.2, -0.15) is 0 Å². The van der Waals surface area contributed by atoms with Crippen LogP contribution >= 0.6 is 11.3 Å². The molecule has 0 unspecified atom stereocenters. The van der Waals surface area contributed by atoms with E-state index in [1.165, 1.54) is 30.6 Å². The number of esters is 1. The molecule has 1 heterocycles. The Morgan fingerprint density at radius 3 is 2.54 bits per heavy atom. The Morgan fingerprint density at radius 1 is 1.14 bits per heavy atom. The molecule has 1 saturated carbocycles. The average molecular weight is 401 g/mol. The summed E-state index contributed by atoms with van der Waals surface area (Å²) in [5, 5.41) is 8.69. The highest BCUT2D eigenvalue weighted by Crippen LogP contribution is 2.36. The Hall–Kier alpha value is -2.18. The second-order valence-corrected chi connectivity index (χ2v) is 8.08. The number of thiophene rings is 1. The number of aryl methyl sites for hydroxylation is 1. The Balaban J connectivity index is 1.75. The van der Waals surface area contributed by atoms with Crippen molar-refractivity contribution in [3.63, 3.8) is 0 Å². The molecule has 0 radical (unpaired) electrons. The molecule has 1 aromatic carbocycles. The SMILES string of the molecule is CCOC(=O)c1c(-c2ccc(C)cc2)csc1NC(=O)CNC1CCCCC1. The third kappa shape index (κ3) is 5.20. The summed E-state index contributed by atoms with van der Waals surface area (Å²) < 4.78 is 5.25. The molecule has 0 atom stereocenters. The molecule has 2 aromatic rings. The molecular weight excluding hydrogens is 372 g/mol. The topological polar surface area (TPSA) is 67.4 Å². The van der Waals surface area contributed by atoms with Gasteiger partial charge in [0.15, 0.2) is 0 Å². The van der Waals surface area contributed by atoms with E-state index in [0.717, 1.165) is 29.5 Å². The monoisotopic (exact) mass is 400 g/mol. The summed E-state index contributed by atoms with van der Waals surface area (Å²) in [6.07, 6.45) is 5.97. The number of hydrogen-bond donors (Lipinski definition) is 2. The van der Waals surface area contributed by atoms with E-state index in [4.69, 9.17) is 4.74 Å². The highest BCUT2D eigenvalue weighted by molar-refractivity contribution is 7.15. The molecule has 0 spiro atoms. The quantitative estimate of drug-likeness (QED) is 0.658. The fourth-order valence-corrected chi connectivity index (χ4v) is 4.49. The van der Waals surface area contributed by atoms with Gasteiger partial charge in [-0.1, -0.05) is 49.1 Å². The number of hydrogen-bond acceptors (Lipinski definition) is 5. The first-order valence-electron chi connectivity index (χ1n) is 9.97. The van der Waals surface area contributed by atoms with Crippen molar-refractivity contribution in [2.45, 2.75) is 52.0 Å². The minimum absolute atomic E-state index is 0.131. The lowest BCUT2D eigenvalue weighted by Crippen LogP contribution is -2.37. The lowest BCUT2D eigenvalue weighted by Gasteiger charge is -2.22. The fourth-order valence-electron chi connectivity index (χ4n) is 3.52. The van der Waals surface area contributed by atoms with Gasteiger partial charge >= 0.3 is 5.97 Å². The van der Waals surface area contributed by atoms with Gasteiger partial charge in [-0.05, 0) is 32.3 Å². The Labute approximate surface area is 170 Å². The van der Waals surface area contributed by atoms with Crippen molar-refractivity contribution >= 4 is 28.2 Å². The molecule has 3 rings (SSSR count). The van der Waals surface area contributed by atoms with E-state index in [1.54, 1.807) is 6.92 Å². The number of anilines is 1. The molecular formula is C22H28N2O3S. The largest absolute Gasteiger partial charge is 0.462 e. The maximum absolute atomic E-state index is 12.6. The number of benzene rings is 1. The van der Waals surface area contributed by atoms with Gasteiger partial charge in [0.1, 0.15) is 10.6 Å². The summed E-state index contributed by atoms with van der Waals surface area (Å²) in [7, 11) is 0. The maximum Gasteiger partial charge on any atom is 0.341 e. The predicted octanol–water partition coefficient (Wildman–Crippen LogP) is 4.76. The van der Waals surface area contributed by atoms with Crippen molar-refractivity contribution in [3.05, 3.63) is 40.8 Å². The molecule has 2 N–H and O–H groups in total. The van der Waals surface area contributed by atoms with E-state index in [0.29, 0.717) is 23.2 Å². The number of carbonyl (C=O) groups is 2. The van der Waals surface area contributed by atoms with Crippen molar-refractivity contribution in [2.24, 2.45) is 0 Å². The van der Waals surface area contributed by atoms with Crippen LogP contribution in [0.5, 0.6) is 0 Å². The van der Waals surface area contributed by atoms with Gasteiger partial charge in [0.05, 0.1) is 13.2 Å². The van der Waals surface area contributed by atoms with E-state index in [2.05, 4.69) is 10.6 Å². The Morgan fingerprint density at radius 2 is 1.86 bits per heavy atom. The van der Waals surface area contributed by atoms with Crippen LogP contribution < -0.4 is 10.6 Å². The van der Waals surface area contributed by atoms with Crippen LogP contribution in [0.2, 0.25) is 0 Å². The summed E-state index contributed by atoms with van der Waals surface area (Å²) in [6, 6.07) is 8.39. The Kier molecular flexibility index (Phi) is 7.23. The molecule has 150 valence electrons. The summed E-state index contributed by atoms with van der Waals surface area (Å²) in [5.41, 5.74) is 3.31. The van der Waals surface area contributed by atoms with E-state index in [1.807, 2.05) is 36.6 Å². The molecule has 0 saturated heterocycles. The molecule has 1 aliphatic carbocycles. The number of nitrogens with one attached hydrogen (secondary N) is 2. The molecule has 6 heteroatoms. The smallest absolute Gasteiger partial charge is 0.341 e. The third-order valence-electron chi connectivity index (χ3n) is 5.04. The second-order valence-electron chi connectivity index (χ2n) is 7.20. The summed E-state index contributed by atoms with van der Waals surface area (Å²) >= 11 is 1.36. The van der Waals surface area contributed by atoms with E-state index >= 15 is 0 Å². The summed E-state index contributed by atoms with van der Waals surface area (Å²) in [6.45, 7) is 4.35. The van der Waals surface area contributed by atoms with E-state index in [9.17, 15) is 9.59 Å². The van der Waals surface area contributed by atoms with Crippen molar-refractivity contribution in [1.29, 1.82) is 0 Å². The first kappa shape index (κ1) is 20.6. The van der Waals surface area contributed by atoms with Gasteiger partial charge in [-0.25, -0.2) is 4.79 Å². The number of amides is 1. The summed E-state index contributed by atoms with van der Waals surface area (Å²) in [5.74, 6) is -0.539. The van der Waals surface area contributed by atoms with Crippen LogP contribution in [-0.2, 0) is 9.53 Å². The van der Waals surface area contributed by atoms with Crippen LogP contribution in [0.4, 0.5) is 5.00 Å². The molecule has 28 heavy (non-hydrogen) atoms. The molecule has 0 bridgehead atoms. The van der Waals surface area contributed by atoms with Gasteiger partial charge in [0, 0.05) is 17.0 Å². The van der Waals surface area contributed by atoms with Crippen LogP contribution in [-0.4, -0.2) is 31.1 Å². The maximum atomic E-state index is 12.6. The highest BCUT2D eigenvalue weighted by Gasteiger charge is 2.23. The zero-order valence-corrected chi connectivity index (χ0v) is 17.4. The molecule has 1 aromatic heterocycles. The standard InChI is InChI=1S/C22H28N2O3S/c1-3-27-22(26)20-18(16-11-9-15(2)10-12-16)14-28-21(20)24-19(25)13-23-17-7-5-4-6-8-17/h9-12,14,17,23H,3-8,13H2,1-2H3,(H,24,25). The van der Waals surface area contributed by atoms with Crippen molar-refractivity contribution in [2.75, 3.05) is 18.5 Å². The lowest BCUT2D eigenvalue weighted by atomic mass is 9.95. The van der Waals surface area contributed by atoms with Gasteiger partial charge in [0.2, 0.25) is 5.91 Å². The van der Waals surface area contributed by atoms with Gasteiger partial charge in [0.25, 0.3) is 0 Å². The predicted molar refractivity (Wildman–Crippen MR) is 114 cm³/mol. The first-order chi connectivity index (χ1) is 13.6. The molecule has 0 aliphatic heterocycles. The molecule has 1 aliphatic rings. The normalized spacial score (nSPS) is 14.6. The number of rotatable bonds is 7. The lowest BCUT2D eigenvalue weighted by molar-refractivity contribution is -0.115. The zero-order valence-electron chi connectivity index (χ0n) is 16.5. The van der Waals surface area contributed by atoms with Crippen LogP contribution in [0.1, 0.15) is 54.9 Å². The second kappa shape index (κ2) is 9.85. The average Bonchev–Trinajstić information content (AvgIpc) is 3.11. The number of ether oxygens (including phenoxy) is 1. The minimum Gasteiger partial charge on any atom is -0.462 e. The highest BCUT2D eigenvalue weighted by atomic mass is 32.1. The minimum atomic E-state index is -0.408. The van der Waals surface area contributed by atoms with Crippen LogP contribution in [0.3, 0.4) is 0 Å². The van der Waals surface area contributed by atoms with Crippen molar-refractivity contribution in [3.8, 4) is 11.1 Å². The van der Waals surface area contributed by atoms with Crippen LogP contribution in [0.25, 0.3) is 11.1 Å². The van der Waals surface area contributed by atoms with E-state index < -0.39 is 5.97 Å². The number of carbonyl (C=O) groups excluding carboxylic acids is 2. The molecule has 1 fully saturated rings. The van der Waals surface area contributed by atoms with Crippen LogP contribution in [0, 0.1) is 6.92 Å². The van der Waals surface area contributed by atoms with Gasteiger partial charge in [-0.3, -0.25) is 4.79 Å². The van der Waals surface area contributed by atoms with E-state index in [-0.39, 0.29) is 12.5 Å². The zero-order chi connectivity index (χ0) is 19.9. The van der Waals surface area contributed by atoms with Crippen LogP contribution in [0.15, 0.2) is 29.6 Å². The summed E-state index contributed by atoms with van der Waals surface area (Å²) in [4.78, 5) is 25.1. The first-order valence-corrected chi connectivity index (χ1v) is 10.8. The fraction of sp³-hybridized carbons (Fsp3) is 0.455. The molecule has 1 amide bonds.